The first-order valence-corrected chi connectivity index (χ1v) is 9.41. The van der Waals surface area contributed by atoms with Crippen LogP contribution in [0.3, 0.4) is 0 Å². The number of rotatable bonds is 8. The van der Waals surface area contributed by atoms with Crippen molar-refractivity contribution in [2.45, 2.75) is 21.9 Å². The highest BCUT2D eigenvalue weighted by molar-refractivity contribution is 9.11. The number of halogens is 2. The Hall–Kier alpha value is -1.18. The maximum atomic E-state index is 12.7. The molecule has 0 heterocycles. The van der Waals surface area contributed by atoms with Gasteiger partial charge in [0.2, 0.25) is 0 Å². The zero-order chi connectivity index (χ0) is 18.3. The first-order chi connectivity index (χ1) is 11.3. The molecule has 0 saturated carbocycles. The lowest BCUT2D eigenvalue weighted by atomic mass is 9.81. The van der Waals surface area contributed by atoms with Crippen LogP contribution >= 0.6 is 27.5 Å². The quantitative estimate of drug-likeness (QED) is 0.270. The maximum absolute atomic E-state index is 12.7. The Balaban J connectivity index is 3.19. The SMILES string of the molecule is C=CCC(CC(Br)S(=O)c1ccccc1Cl)(C(=O)OC)C(=O)OC. The average molecular weight is 438 g/mol. The van der Waals surface area contributed by atoms with Gasteiger partial charge in [-0.3, -0.25) is 13.8 Å². The largest absolute Gasteiger partial charge is 0.468 e. The van der Waals surface area contributed by atoms with Gasteiger partial charge < -0.3 is 9.47 Å². The van der Waals surface area contributed by atoms with Crippen molar-refractivity contribution >= 4 is 50.3 Å². The Morgan fingerprint density at radius 1 is 1.33 bits per heavy atom. The second-order valence-electron chi connectivity index (χ2n) is 4.90. The van der Waals surface area contributed by atoms with Gasteiger partial charge in [-0.05, 0) is 25.0 Å². The molecule has 0 radical (unpaired) electrons. The van der Waals surface area contributed by atoms with Crippen LogP contribution in [0.2, 0.25) is 5.02 Å². The van der Waals surface area contributed by atoms with Crippen molar-refractivity contribution in [3.8, 4) is 0 Å². The molecule has 8 heteroatoms. The summed E-state index contributed by atoms with van der Waals surface area (Å²) in [6, 6.07) is 6.66. The highest BCUT2D eigenvalue weighted by Crippen LogP contribution is 2.37. The molecule has 132 valence electrons. The van der Waals surface area contributed by atoms with E-state index in [1.807, 2.05) is 0 Å². The minimum absolute atomic E-state index is 0.00579. The van der Waals surface area contributed by atoms with Crippen molar-refractivity contribution in [3.05, 3.63) is 41.9 Å². The molecule has 5 nitrogen and oxygen atoms in total. The molecule has 1 aromatic rings. The molecule has 0 spiro atoms. The smallest absolute Gasteiger partial charge is 0.323 e. The monoisotopic (exact) mass is 436 g/mol. The molecule has 2 unspecified atom stereocenters. The van der Waals surface area contributed by atoms with Crippen LogP contribution in [0.15, 0.2) is 41.8 Å². The first-order valence-electron chi connectivity index (χ1n) is 6.91. The predicted octanol–water partition coefficient (Wildman–Crippen LogP) is 3.47. The molecule has 0 fully saturated rings. The fraction of sp³-hybridized carbons (Fsp3) is 0.375. The summed E-state index contributed by atoms with van der Waals surface area (Å²) in [5.74, 6) is -1.54. The third kappa shape index (κ3) is 4.46. The van der Waals surface area contributed by atoms with Crippen molar-refractivity contribution in [1.82, 2.24) is 0 Å². The lowest BCUT2D eigenvalue weighted by molar-refractivity contribution is -0.169. The third-order valence-corrected chi connectivity index (χ3v) is 6.64. The highest BCUT2D eigenvalue weighted by atomic mass is 79.9. The van der Waals surface area contributed by atoms with Crippen LogP contribution in [0.1, 0.15) is 12.8 Å². The Morgan fingerprint density at radius 3 is 2.33 bits per heavy atom. The summed E-state index contributed by atoms with van der Waals surface area (Å²) in [6.45, 7) is 3.58. The van der Waals surface area contributed by atoms with Gasteiger partial charge in [0.1, 0.15) is 0 Å². The molecule has 0 aliphatic rings. The van der Waals surface area contributed by atoms with Crippen molar-refractivity contribution in [2.24, 2.45) is 5.41 Å². The number of hydrogen-bond donors (Lipinski definition) is 0. The number of ether oxygens (including phenoxy) is 2. The molecule has 1 rings (SSSR count). The van der Waals surface area contributed by atoms with Crippen LogP contribution in [0.4, 0.5) is 0 Å². The summed E-state index contributed by atoms with van der Waals surface area (Å²) in [5.41, 5.74) is -1.63. The highest BCUT2D eigenvalue weighted by Gasteiger charge is 2.49. The zero-order valence-corrected chi connectivity index (χ0v) is 16.4. The minimum Gasteiger partial charge on any atom is -0.468 e. The molecule has 1 aromatic carbocycles. The Morgan fingerprint density at radius 2 is 1.88 bits per heavy atom. The maximum Gasteiger partial charge on any atom is 0.323 e. The van der Waals surface area contributed by atoms with Gasteiger partial charge in [-0.2, -0.15) is 0 Å². The number of hydrogen-bond acceptors (Lipinski definition) is 5. The summed E-state index contributed by atoms with van der Waals surface area (Å²) < 4.78 is 21.5. The van der Waals surface area contributed by atoms with E-state index in [0.717, 1.165) is 0 Å². The van der Waals surface area contributed by atoms with Crippen LogP contribution in [-0.2, 0) is 29.9 Å². The number of allylic oxidation sites excluding steroid dienone is 1. The predicted molar refractivity (Wildman–Crippen MR) is 96.5 cm³/mol. The van der Waals surface area contributed by atoms with E-state index in [1.165, 1.54) is 20.3 Å². The Labute approximate surface area is 156 Å². The van der Waals surface area contributed by atoms with Gasteiger partial charge in [0.15, 0.2) is 5.41 Å². The number of carbonyl (C=O) groups excluding carboxylic acids is 2. The van der Waals surface area contributed by atoms with Gasteiger partial charge >= 0.3 is 11.9 Å². The average Bonchev–Trinajstić information content (AvgIpc) is 2.59. The lowest BCUT2D eigenvalue weighted by Gasteiger charge is -2.28. The van der Waals surface area contributed by atoms with Gasteiger partial charge in [-0.25, -0.2) is 0 Å². The fourth-order valence-electron chi connectivity index (χ4n) is 2.23. The van der Waals surface area contributed by atoms with Gasteiger partial charge in [0, 0.05) is 0 Å². The van der Waals surface area contributed by atoms with Crippen LogP contribution in [0, 0.1) is 5.41 Å². The molecular weight excluding hydrogens is 420 g/mol. The number of methoxy groups -OCH3 is 2. The molecule has 0 bridgehead atoms. The van der Waals surface area contributed by atoms with E-state index in [2.05, 4.69) is 22.5 Å². The molecule has 0 aliphatic carbocycles. The van der Waals surface area contributed by atoms with E-state index in [-0.39, 0.29) is 12.8 Å². The Kier molecular flexibility index (Phi) is 8.12. The van der Waals surface area contributed by atoms with E-state index >= 15 is 0 Å². The van der Waals surface area contributed by atoms with E-state index in [1.54, 1.807) is 24.3 Å². The van der Waals surface area contributed by atoms with Crippen molar-refractivity contribution in [1.29, 1.82) is 0 Å². The zero-order valence-electron chi connectivity index (χ0n) is 13.3. The van der Waals surface area contributed by atoms with Crippen molar-refractivity contribution < 1.29 is 23.3 Å². The van der Waals surface area contributed by atoms with Gasteiger partial charge in [0.05, 0.1) is 39.1 Å². The number of alkyl halides is 1. The van der Waals surface area contributed by atoms with Crippen LogP contribution in [0.5, 0.6) is 0 Å². The molecule has 2 atom stereocenters. The molecule has 0 N–H and O–H groups in total. The molecular formula is C16H18BrClO5S. The minimum atomic E-state index is -1.63. The second kappa shape index (κ2) is 9.34. The number of esters is 2. The fourth-order valence-corrected chi connectivity index (χ4v) is 4.94. The summed E-state index contributed by atoms with van der Waals surface area (Å²) in [6.07, 6.45) is 1.32. The topological polar surface area (TPSA) is 69.7 Å². The van der Waals surface area contributed by atoms with Crippen LogP contribution in [0.25, 0.3) is 0 Å². The van der Waals surface area contributed by atoms with E-state index in [4.69, 9.17) is 21.1 Å². The van der Waals surface area contributed by atoms with Crippen molar-refractivity contribution in [3.63, 3.8) is 0 Å². The normalized spacial score (nSPS) is 13.7. The van der Waals surface area contributed by atoms with Gasteiger partial charge in [-0.1, -0.05) is 45.7 Å². The molecule has 0 saturated heterocycles. The van der Waals surface area contributed by atoms with Crippen LogP contribution < -0.4 is 0 Å². The lowest BCUT2D eigenvalue weighted by Crippen LogP contribution is -2.43. The molecule has 24 heavy (non-hydrogen) atoms. The van der Waals surface area contributed by atoms with E-state index in [0.29, 0.717) is 9.92 Å². The molecule has 0 aromatic heterocycles. The summed E-state index contributed by atoms with van der Waals surface area (Å²) >= 11 is 9.37. The third-order valence-electron chi connectivity index (χ3n) is 3.44. The van der Waals surface area contributed by atoms with Crippen LogP contribution in [-0.4, -0.2) is 34.5 Å². The molecule has 0 aliphatic heterocycles. The summed E-state index contributed by atoms with van der Waals surface area (Å²) in [4.78, 5) is 24.9. The van der Waals surface area contributed by atoms with E-state index in [9.17, 15) is 13.8 Å². The Bertz CT molecular complexity index is 633. The summed E-state index contributed by atoms with van der Waals surface area (Å²) in [5, 5.41) is 0.339. The molecule has 0 amide bonds. The van der Waals surface area contributed by atoms with Gasteiger partial charge in [0.25, 0.3) is 0 Å². The second-order valence-corrected chi connectivity index (χ2v) is 8.62. The standard InChI is InChI=1S/C16H18BrClO5S/c1-4-9-16(14(19)22-2,15(20)23-3)10-13(17)24(21)12-8-6-5-7-11(12)18/h4-8,13H,1,9-10H2,2-3H3. The van der Waals surface area contributed by atoms with Crippen molar-refractivity contribution in [2.75, 3.05) is 14.2 Å². The number of carbonyl (C=O) groups is 2. The summed E-state index contributed by atoms with van der Waals surface area (Å²) in [7, 11) is 0.764. The number of benzene rings is 1. The van der Waals surface area contributed by atoms with E-state index < -0.39 is 32.3 Å². The first kappa shape index (κ1) is 20.9. The van der Waals surface area contributed by atoms with Gasteiger partial charge in [-0.15, -0.1) is 6.58 Å².